The Bertz CT molecular complexity index is 809. The first kappa shape index (κ1) is 22.6. The lowest BCUT2D eigenvalue weighted by atomic mass is 9.48. The van der Waals surface area contributed by atoms with Gasteiger partial charge in [-0.1, -0.05) is 25.1 Å². The van der Waals surface area contributed by atoms with Crippen LogP contribution in [-0.2, 0) is 0 Å². The van der Waals surface area contributed by atoms with Crippen molar-refractivity contribution in [2.24, 2.45) is 40.9 Å². The summed E-state index contributed by atoms with van der Waals surface area (Å²) in [5, 5.41) is 13.5. The Morgan fingerprint density at radius 1 is 0.906 bits per heavy atom. The second kappa shape index (κ2) is 7.92. The van der Waals surface area contributed by atoms with Gasteiger partial charge in [0.1, 0.15) is 6.04 Å². The summed E-state index contributed by atoms with van der Waals surface area (Å²) >= 11 is 0. The average Bonchev–Trinajstić information content (AvgIpc) is 3.07. The molecule has 4 fully saturated rings. The van der Waals surface area contributed by atoms with Gasteiger partial charge in [0.15, 0.2) is 0 Å². The van der Waals surface area contributed by atoms with E-state index in [1.54, 1.807) is 24.3 Å². The third-order valence-corrected chi connectivity index (χ3v) is 10.2. The predicted octanol–water partition coefficient (Wildman–Crippen LogP) is 7.05. The first-order chi connectivity index (χ1) is 15.1. The lowest BCUT2D eigenvalue weighted by Crippen LogP contribution is -2.53. The number of fused-ring (bicyclic) bond motifs is 5. The van der Waals surface area contributed by atoms with E-state index in [0.717, 1.165) is 51.4 Å². The molecular weight excluding hydrogens is 411 g/mol. The Balaban J connectivity index is 1.37. The van der Waals surface area contributed by atoms with Crippen LogP contribution in [0, 0.1) is 40.9 Å². The SMILES string of the molecule is C[C@@]1(O)CC[C@H]2[C@H](CC[C@@H]3[C@@H]2CC[C@]2(C)[C@@H](C(Nc4ccccc4)C(F)(F)F)CC[C@@H]32)C1. The van der Waals surface area contributed by atoms with Gasteiger partial charge >= 0.3 is 6.18 Å². The van der Waals surface area contributed by atoms with Gasteiger partial charge in [-0.3, -0.25) is 0 Å². The molecule has 9 atom stereocenters. The fraction of sp³-hybridized carbons (Fsp3) is 0.778. The Labute approximate surface area is 190 Å². The van der Waals surface area contributed by atoms with Gasteiger partial charge in [-0.05, 0) is 118 Å². The molecule has 0 saturated heterocycles. The van der Waals surface area contributed by atoms with E-state index in [0.29, 0.717) is 41.7 Å². The quantitative estimate of drug-likeness (QED) is 0.518. The van der Waals surface area contributed by atoms with Crippen molar-refractivity contribution >= 4 is 5.69 Å². The summed E-state index contributed by atoms with van der Waals surface area (Å²) in [6.45, 7) is 4.15. The highest BCUT2D eigenvalue weighted by Crippen LogP contribution is 2.65. The van der Waals surface area contributed by atoms with E-state index in [1.165, 1.54) is 0 Å². The maximum atomic E-state index is 14.3. The van der Waals surface area contributed by atoms with E-state index in [2.05, 4.69) is 12.2 Å². The lowest BCUT2D eigenvalue weighted by molar-refractivity contribution is -0.169. The Morgan fingerprint density at radius 2 is 1.62 bits per heavy atom. The molecule has 0 bridgehead atoms. The Kier molecular flexibility index (Phi) is 5.58. The highest BCUT2D eigenvalue weighted by molar-refractivity contribution is 5.44. The molecule has 5 rings (SSSR count). The minimum atomic E-state index is -4.26. The van der Waals surface area contributed by atoms with Gasteiger partial charge in [-0.2, -0.15) is 13.2 Å². The standard InChI is InChI=1S/C27H38F3NO/c1-25(32)14-12-19-17(16-25)8-9-21-20(19)13-15-26(2)22(21)10-11-23(26)24(27(28,29)30)31-18-6-4-3-5-7-18/h3-7,17,19-24,31-32H,8-16H2,1-2H3/t17-,19+,20-,21-,22+,23-,24?,25-,26+/m1/s1. The molecule has 2 N–H and O–H groups in total. The van der Waals surface area contributed by atoms with Gasteiger partial charge in [-0.15, -0.1) is 0 Å². The molecule has 5 heteroatoms. The number of aliphatic hydroxyl groups is 1. The molecule has 0 amide bonds. The summed E-state index contributed by atoms with van der Waals surface area (Å²) in [6.07, 6.45) is 4.45. The minimum Gasteiger partial charge on any atom is -0.390 e. The van der Waals surface area contributed by atoms with Gasteiger partial charge in [-0.25, -0.2) is 0 Å². The van der Waals surface area contributed by atoms with E-state index in [9.17, 15) is 18.3 Å². The van der Waals surface area contributed by atoms with Crippen LogP contribution in [0.1, 0.15) is 71.6 Å². The fourth-order valence-corrected chi connectivity index (χ4v) is 8.79. The molecular formula is C27H38F3NO. The first-order valence-corrected chi connectivity index (χ1v) is 12.7. The van der Waals surface area contributed by atoms with Crippen LogP contribution in [0.25, 0.3) is 0 Å². The molecule has 4 saturated carbocycles. The summed E-state index contributed by atoms with van der Waals surface area (Å²) < 4.78 is 43.0. The van der Waals surface area contributed by atoms with Crippen molar-refractivity contribution in [3.8, 4) is 0 Å². The maximum Gasteiger partial charge on any atom is 0.408 e. The molecule has 0 radical (unpaired) electrons. The molecule has 4 aliphatic rings. The molecule has 4 aliphatic carbocycles. The van der Waals surface area contributed by atoms with Crippen molar-refractivity contribution in [1.82, 2.24) is 0 Å². The van der Waals surface area contributed by atoms with Gasteiger partial charge in [0, 0.05) is 5.69 Å². The fourth-order valence-electron chi connectivity index (χ4n) is 8.79. The number of alkyl halides is 3. The van der Waals surface area contributed by atoms with Crippen LogP contribution in [-0.4, -0.2) is 22.9 Å². The zero-order valence-electron chi connectivity index (χ0n) is 19.4. The summed E-state index contributed by atoms with van der Waals surface area (Å²) in [5.74, 6) is 2.50. The molecule has 0 heterocycles. The summed E-state index contributed by atoms with van der Waals surface area (Å²) in [7, 11) is 0. The molecule has 1 aromatic rings. The van der Waals surface area contributed by atoms with Crippen molar-refractivity contribution in [3.05, 3.63) is 30.3 Å². The molecule has 178 valence electrons. The number of anilines is 1. The lowest BCUT2D eigenvalue weighted by Gasteiger charge is -2.57. The summed E-state index contributed by atoms with van der Waals surface area (Å²) in [4.78, 5) is 0. The van der Waals surface area contributed by atoms with Crippen LogP contribution in [0.15, 0.2) is 30.3 Å². The maximum absolute atomic E-state index is 14.3. The second-order valence-electron chi connectivity index (χ2n) is 11.9. The molecule has 1 unspecified atom stereocenters. The molecule has 0 aromatic heterocycles. The number of hydrogen-bond donors (Lipinski definition) is 2. The van der Waals surface area contributed by atoms with E-state index in [4.69, 9.17) is 0 Å². The minimum absolute atomic E-state index is 0.254. The van der Waals surface area contributed by atoms with Crippen molar-refractivity contribution in [2.45, 2.75) is 89.5 Å². The van der Waals surface area contributed by atoms with E-state index in [1.807, 2.05) is 13.0 Å². The number of halogens is 3. The monoisotopic (exact) mass is 449 g/mol. The Hall–Kier alpha value is -1.23. The second-order valence-corrected chi connectivity index (χ2v) is 11.9. The number of hydrogen-bond acceptors (Lipinski definition) is 2. The van der Waals surface area contributed by atoms with E-state index >= 15 is 0 Å². The van der Waals surface area contributed by atoms with Crippen LogP contribution in [0.2, 0.25) is 0 Å². The van der Waals surface area contributed by atoms with Crippen LogP contribution in [0.5, 0.6) is 0 Å². The van der Waals surface area contributed by atoms with Crippen LogP contribution in [0.4, 0.5) is 18.9 Å². The number of rotatable bonds is 3. The third kappa shape index (κ3) is 3.86. The zero-order valence-corrected chi connectivity index (χ0v) is 19.4. The first-order valence-electron chi connectivity index (χ1n) is 12.7. The van der Waals surface area contributed by atoms with E-state index in [-0.39, 0.29) is 11.3 Å². The number of nitrogens with one attached hydrogen (secondary N) is 1. The third-order valence-electron chi connectivity index (χ3n) is 10.2. The molecule has 0 aliphatic heterocycles. The van der Waals surface area contributed by atoms with Crippen molar-refractivity contribution < 1.29 is 18.3 Å². The highest BCUT2D eigenvalue weighted by Gasteiger charge is 2.61. The number of benzene rings is 1. The summed E-state index contributed by atoms with van der Waals surface area (Å²) in [5.41, 5.74) is -0.222. The summed E-state index contributed by atoms with van der Waals surface area (Å²) in [6, 6.07) is 7.41. The van der Waals surface area contributed by atoms with Crippen LogP contribution < -0.4 is 5.32 Å². The topological polar surface area (TPSA) is 32.3 Å². The van der Waals surface area contributed by atoms with E-state index < -0.39 is 17.8 Å². The molecule has 32 heavy (non-hydrogen) atoms. The van der Waals surface area contributed by atoms with Gasteiger partial charge in [0.05, 0.1) is 5.60 Å². The zero-order chi connectivity index (χ0) is 22.7. The van der Waals surface area contributed by atoms with Crippen molar-refractivity contribution in [1.29, 1.82) is 0 Å². The van der Waals surface area contributed by atoms with Gasteiger partial charge in [0.25, 0.3) is 0 Å². The van der Waals surface area contributed by atoms with Crippen LogP contribution in [0.3, 0.4) is 0 Å². The molecule has 1 aromatic carbocycles. The average molecular weight is 450 g/mol. The number of para-hydroxylation sites is 1. The largest absolute Gasteiger partial charge is 0.408 e. The van der Waals surface area contributed by atoms with Gasteiger partial charge in [0.2, 0.25) is 0 Å². The molecule has 0 spiro atoms. The normalized spacial score (nSPS) is 44.8. The van der Waals surface area contributed by atoms with Crippen molar-refractivity contribution in [3.63, 3.8) is 0 Å². The van der Waals surface area contributed by atoms with Gasteiger partial charge < -0.3 is 10.4 Å². The predicted molar refractivity (Wildman–Crippen MR) is 121 cm³/mol. The van der Waals surface area contributed by atoms with Crippen molar-refractivity contribution in [2.75, 3.05) is 5.32 Å². The molecule has 2 nitrogen and oxygen atoms in total. The highest BCUT2D eigenvalue weighted by atomic mass is 19.4. The smallest absolute Gasteiger partial charge is 0.390 e. The van der Waals surface area contributed by atoms with Crippen LogP contribution >= 0.6 is 0 Å². The Morgan fingerprint density at radius 3 is 2.34 bits per heavy atom.